The molecule has 48 heavy (non-hydrogen) atoms. The van der Waals surface area contributed by atoms with E-state index in [1.165, 1.54) is 0 Å². The number of Topliss-reactive ketones (excluding diaryl/α,β-unsaturated/α-hetero) is 1. The van der Waals surface area contributed by atoms with Crippen molar-refractivity contribution in [3.05, 3.63) is 123 Å². The first-order valence-corrected chi connectivity index (χ1v) is 16.6. The summed E-state index contributed by atoms with van der Waals surface area (Å²) < 4.78 is 10.9. The van der Waals surface area contributed by atoms with Gasteiger partial charge in [0, 0.05) is 29.3 Å². The molecule has 4 aromatic rings. The summed E-state index contributed by atoms with van der Waals surface area (Å²) in [7, 11) is 5.17. The average molecular weight is 683 g/mol. The Bertz CT molecular complexity index is 1980. The highest BCUT2D eigenvalue weighted by atomic mass is 35.5. The lowest BCUT2D eigenvalue weighted by atomic mass is 9.58. The van der Waals surface area contributed by atoms with Crippen LogP contribution in [0.4, 0.5) is 5.69 Å². The highest BCUT2D eigenvalue weighted by Gasteiger charge is 2.80. The Morgan fingerprint density at radius 3 is 2.10 bits per heavy atom. The lowest BCUT2D eigenvalue weighted by Gasteiger charge is -2.44. The Kier molecular flexibility index (Phi) is 7.14. The molecule has 10 heteroatoms. The number of rotatable bonds is 5. The van der Waals surface area contributed by atoms with Gasteiger partial charge in [0.2, 0.25) is 5.60 Å². The number of ketones is 1. The van der Waals surface area contributed by atoms with Crippen LogP contribution in [0.1, 0.15) is 46.9 Å². The van der Waals surface area contributed by atoms with E-state index < -0.39 is 22.5 Å². The van der Waals surface area contributed by atoms with Gasteiger partial charge in [0.25, 0.3) is 5.91 Å². The van der Waals surface area contributed by atoms with Crippen LogP contribution >= 0.6 is 23.2 Å². The minimum Gasteiger partial charge on any atom is -0.497 e. The van der Waals surface area contributed by atoms with Crippen molar-refractivity contribution >= 4 is 46.3 Å². The number of oxime groups is 1. The third-order valence-electron chi connectivity index (χ3n) is 11.1. The molecule has 8 rings (SSSR count). The number of nitrogens with one attached hydrogen (secondary N) is 1. The molecule has 1 N–H and O–H groups in total. The standard InChI is InChI=1S/C38H33Cl2N3O5/c1-43-21-27(22-11-15-24(46-2)16-12-22)36(38(43)26-7-4-5-10-30(26)41-35(38)45)19-20-37(34(36)44)32(23-13-17-25(47-3)18-14-23)33(42-48-37)31-28(39)8-6-9-29(31)40/h4-18,27,32H,19-21H2,1-3H3,(H,41,45)/t27-,32-,36+,37+,38-/m0/s1. The van der Waals surface area contributed by atoms with E-state index in [4.69, 9.17) is 37.5 Å². The topological polar surface area (TPSA) is 89.5 Å². The maximum absolute atomic E-state index is 16.1. The van der Waals surface area contributed by atoms with Crippen molar-refractivity contribution in [3.63, 3.8) is 0 Å². The number of para-hydroxylation sites is 1. The SMILES string of the molecule is COc1ccc([C@H]2C(c3c(Cl)cccc3Cl)=NO[C@]23CC[C@]2(C3=O)[C@H](c3ccc(OC)cc3)CN(C)[C@@]23C(=O)Nc2ccccc23)cc1. The van der Waals surface area contributed by atoms with Crippen LogP contribution in [0, 0.1) is 5.41 Å². The van der Waals surface area contributed by atoms with E-state index in [1.807, 2.05) is 79.8 Å². The molecule has 0 radical (unpaired) electrons. The third-order valence-corrected chi connectivity index (χ3v) is 11.7. The number of amides is 1. The lowest BCUT2D eigenvalue weighted by molar-refractivity contribution is -0.154. The predicted octanol–water partition coefficient (Wildman–Crippen LogP) is 7.19. The van der Waals surface area contributed by atoms with E-state index in [1.54, 1.807) is 32.4 Å². The first kappa shape index (κ1) is 30.9. The molecule has 1 saturated carbocycles. The Morgan fingerprint density at radius 1 is 0.833 bits per heavy atom. The largest absolute Gasteiger partial charge is 0.497 e. The van der Waals surface area contributed by atoms with Gasteiger partial charge in [0.1, 0.15) is 22.7 Å². The molecule has 2 fully saturated rings. The number of carbonyl (C=O) groups is 2. The Hall–Kier alpha value is -4.37. The van der Waals surface area contributed by atoms with Crippen LogP contribution in [0.3, 0.4) is 0 Å². The number of hydrogen-bond acceptors (Lipinski definition) is 7. The molecule has 0 bridgehead atoms. The number of nitrogens with zero attached hydrogens (tertiary/aromatic N) is 2. The van der Waals surface area contributed by atoms with Crippen molar-refractivity contribution in [2.45, 2.75) is 35.8 Å². The van der Waals surface area contributed by atoms with E-state index in [2.05, 4.69) is 15.4 Å². The zero-order valence-electron chi connectivity index (χ0n) is 26.6. The molecule has 3 heterocycles. The zero-order chi connectivity index (χ0) is 33.4. The zero-order valence-corrected chi connectivity index (χ0v) is 28.1. The summed E-state index contributed by atoms with van der Waals surface area (Å²) in [6.07, 6.45) is 0.690. The summed E-state index contributed by atoms with van der Waals surface area (Å²) in [5, 5.41) is 8.59. The molecule has 3 aliphatic heterocycles. The first-order valence-electron chi connectivity index (χ1n) is 15.9. The number of ether oxygens (including phenoxy) is 2. The Labute approximate surface area is 288 Å². The van der Waals surface area contributed by atoms with Crippen molar-refractivity contribution in [2.24, 2.45) is 10.6 Å². The number of likely N-dealkylation sites (tertiary alicyclic amines) is 1. The molecule has 0 aromatic heterocycles. The van der Waals surface area contributed by atoms with E-state index >= 15 is 4.79 Å². The minimum absolute atomic E-state index is 0.172. The minimum atomic E-state index is -1.45. The number of benzene rings is 4. The molecule has 3 spiro atoms. The smallest absolute Gasteiger partial charge is 0.250 e. The quantitative estimate of drug-likeness (QED) is 0.240. The van der Waals surface area contributed by atoms with E-state index in [0.29, 0.717) is 57.9 Å². The van der Waals surface area contributed by atoms with Crippen molar-refractivity contribution in [1.29, 1.82) is 0 Å². The van der Waals surface area contributed by atoms with Gasteiger partial charge in [-0.25, -0.2) is 0 Å². The van der Waals surface area contributed by atoms with E-state index in [-0.39, 0.29) is 17.6 Å². The van der Waals surface area contributed by atoms with Gasteiger partial charge in [-0.1, -0.05) is 76.9 Å². The van der Waals surface area contributed by atoms with Crippen LogP contribution < -0.4 is 14.8 Å². The van der Waals surface area contributed by atoms with Crippen LogP contribution in [0.15, 0.2) is 96.2 Å². The summed E-state index contributed by atoms with van der Waals surface area (Å²) in [4.78, 5) is 39.2. The first-order chi connectivity index (χ1) is 23.2. The van der Waals surface area contributed by atoms with Gasteiger partial charge in [-0.2, -0.15) is 0 Å². The molecule has 1 aliphatic carbocycles. The van der Waals surface area contributed by atoms with Crippen LogP contribution in [0.5, 0.6) is 11.5 Å². The van der Waals surface area contributed by atoms with Gasteiger partial charge < -0.3 is 19.6 Å². The maximum Gasteiger partial charge on any atom is 0.250 e. The summed E-state index contributed by atoms with van der Waals surface area (Å²) in [6.45, 7) is 0.465. The number of carbonyl (C=O) groups excluding carboxylic acids is 2. The highest BCUT2D eigenvalue weighted by Crippen LogP contribution is 2.70. The number of fused-ring (bicyclic) bond motifs is 3. The second-order valence-electron chi connectivity index (χ2n) is 13.0. The summed E-state index contributed by atoms with van der Waals surface area (Å²) >= 11 is 13.6. The molecule has 244 valence electrons. The number of methoxy groups -OCH3 is 2. The number of likely N-dealkylation sites (N-methyl/N-ethyl adjacent to an activating group) is 1. The lowest BCUT2D eigenvalue weighted by Crippen LogP contribution is -2.60. The summed E-state index contributed by atoms with van der Waals surface area (Å²) in [6, 6.07) is 28.3. The number of halogens is 2. The summed E-state index contributed by atoms with van der Waals surface area (Å²) in [5.41, 5.74) is 0.237. The number of hydrogen-bond donors (Lipinski definition) is 1. The van der Waals surface area contributed by atoms with Crippen molar-refractivity contribution in [2.75, 3.05) is 33.1 Å². The van der Waals surface area contributed by atoms with Gasteiger partial charge in [-0.05, 0) is 73.5 Å². The van der Waals surface area contributed by atoms with Gasteiger partial charge in [0.15, 0.2) is 5.78 Å². The normalized spacial score (nSPS) is 29.0. The molecular weight excluding hydrogens is 649 g/mol. The van der Waals surface area contributed by atoms with E-state index in [9.17, 15) is 4.79 Å². The second-order valence-corrected chi connectivity index (χ2v) is 13.8. The monoisotopic (exact) mass is 681 g/mol. The molecule has 8 nitrogen and oxygen atoms in total. The fourth-order valence-corrected chi connectivity index (χ4v) is 9.68. The predicted molar refractivity (Wildman–Crippen MR) is 184 cm³/mol. The Morgan fingerprint density at radius 2 is 1.46 bits per heavy atom. The molecule has 0 unspecified atom stereocenters. The van der Waals surface area contributed by atoms with Crippen LogP contribution in [0.2, 0.25) is 10.0 Å². The van der Waals surface area contributed by atoms with Gasteiger partial charge in [-0.15, -0.1) is 0 Å². The second kappa shape index (κ2) is 11.1. The number of anilines is 1. The van der Waals surface area contributed by atoms with Gasteiger partial charge >= 0.3 is 0 Å². The average Bonchev–Trinajstić information content (AvgIpc) is 3.80. The third kappa shape index (κ3) is 3.91. The molecular formula is C38H33Cl2N3O5. The fraction of sp³-hybridized carbons (Fsp3) is 0.289. The Balaban J connectivity index is 1.36. The molecule has 4 aromatic carbocycles. The van der Waals surface area contributed by atoms with Crippen LogP contribution in [-0.4, -0.2) is 55.7 Å². The van der Waals surface area contributed by atoms with Crippen LogP contribution in [0.25, 0.3) is 0 Å². The van der Waals surface area contributed by atoms with E-state index in [0.717, 1.165) is 16.7 Å². The maximum atomic E-state index is 16.1. The van der Waals surface area contributed by atoms with Gasteiger partial charge in [0.05, 0.1) is 35.6 Å². The van der Waals surface area contributed by atoms with Crippen LogP contribution in [-0.2, 0) is 20.0 Å². The molecule has 1 amide bonds. The molecule has 1 saturated heterocycles. The van der Waals surface area contributed by atoms with Crippen molar-refractivity contribution < 1.29 is 23.9 Å². The highest BCUT2D eigenvalue weighted by molar-refractivity contribution is 6.41. The molecule has 5 atom stereocenters. The molecule has 4 aliphatic rings. The van der Waals surface area contributed by atoms with Crippen molar-refractivity contribution in [1.82, 2.24) is 4.90 Å². The van der Waals surface area contributed by atoms with Crippen molar-refractivity contribution in [3.8, 4) is 11.5 Å². The van der Waals surface area contributed by atoms with Gasteiger partial charge in [-0.3, -0.25) is 14.5 Å². The fourth-order valence-electron chi connectivity index (χ4n) is 9.09. The summed E-state index contributed by atoms with van der Waals surface area (Å²) in [5.74, 6) is -0.0421.